The molecular weight excluding hydrogens is 369 g/mol. The third-order valence-electron chi connectivity index (χ3n) is 2.81. The number of halogens is 1. The summed E-state index contributed by atoms with van der Waals surface area (Å²) in [7, 11) is 0. The normalized spacial score (nSPS) is 14.7. The molecule has 0 aromatic heterocycles. The van der Waals surface area contributed by atoms with Gasteiger partial charge in [0.25, 0.3) is 0 Å². The summed E-state index contributed by atoms with van der Waals surface area (Å²) in [4.78, 5) is 11.5. The van der Waals surface area contributed by atoms with Gasteiger partial charge in [-0.15, -0.1) is 0 Å². The Hall–Kier alpha value is -0.0400. The summed E-state index contributed by atoms with van der Waals surface area (Å²) in [6.07, 6.45) is 4.33. The van der Waals surface area contributed by atoms with Crippen LogP contribution in [0.3, 0.4) is 0 Å². The van der Waals surface area contributed by atoms with Gasteiger partial charge in [0.05, 0.1) is 12.2 Å². The monoisotopic (exact) mass is 399 g/mol. The highest BCUT2D eigenvalue weighted by Crippen LogP contribution is 2.22. The van der Waals surface area contributed by atoms with Crippen molar-refractivity contribution in [1.29, 1.82) is 0 Å². The molecule has 0 aliphatic carbocycles. The summed E-state index contributed by atoms with van der Waals surface area (Å²) in [6, 6.07) is 0. The molecule has 1 unspecified atom stereocenters. The molecule has 4 nitrogen and oxygen atoms in total. The minimum atomic E-state index is -0.457. The zero-order valence-electron chi connectivity index (χ0n) is 13.6. The molecule has 0 aromatic carbocycles. The summed E-state index contributed by atoms with van der Waals surface area (Å²) in [5.74, 6) is 0. The topological polar surface area (TPSA) is 47.6 Å². The predicted molar refractivity (Wildman–Crippen MR) is 91.6 cm³/mol. The lowest BCUT2D eigenvalue weighted by Crippen LogP contribution is -2.37. The van der Waals surface area contributed by atoms with E-state index < -0.39 is 5.60 Å². The third-order valence-corrected chi connectivity index (χ3v) is 4.43. The maximum Gasteiger partial charge on any atom is 0.407 e. The number of carbonyl (C=O) groups excluding carboxylic acids is 1. The number of ether oxygens (including phenoxy) is 2. The molecule has 1 amide bonds. The number of alkyl halides is 1. The molecule has 0 bridgehead atoms. The van der Waals surface area contributed by atoms with Crippen molar-refractivity contribution in [3.63, 3.8) is 0 Å². The molecule has 0 heterocycles. The Kier molecular flexibility index (Phi) is 9.80. The molecule has 0 aromatic rings. The number of alkyl carbamates (subject to hydrolysis) is 1. The molecular formula is C15H30INO3. The van der Waals surface area contributed by atoms with Gasteiger partial charge in [-0.25, -0.2) is 4.79 Å². The molecule has 0 aliphatic rings. The van der Waals surface area contributed by atoms with E-state index in [-0.39, 0.29) is 11.7 Å². The lowest BCUT2D eigenvalue weighted by Gasteiger charge is -2.28. The first-order valence-electron chi connectivity index (χ1n) is 7.39. The zero-order valence-corrected chi connectivity index (χ0v) is 15.7. The van der Waals surface area contributed by atoms with Crippen molar-refractivity contribution in [2.45, 2.75) is 71.5 Å². The molecule has 0 spiro atoms. The maximum absolute atomic E-state index is 11.5. The van der Waals surface area contributed by atoms with E-state index in [1.807, 2.05) is 20.8 Å². The number of amides is 1. The van der Waals surface area contributed by atoms with Crippen LogP contribution in [-0.4, -0.2) is 34.9 Å². The van der Waals surface area contributed by atoms with Crippen molar-refractivity contribution in [3.8, 4) is 0 Å². The number of unbranched alkanes of at least 4 members (excludes halogenated alkanes) is 2. The van der Waals surface area contributed by atoms with Crippen molar-refractivity contribution >= 4 is 28.7 Å². The molecule has 1 N–H and O–H groups in total. The second-order valence-electron chi connectivity index (χ2n) is 6.32. The summed E-state index contributed by atoms with van der Waals surface area (Å²) in [5.41, 5.74) is -0.548. The SMILES string of the molecule is CCCCCC(C)(CI)OCCNC(=O)OC(C)(C)C. The summed E-state index contributed by atoms with van der Waals surface area (Å²) < 4.78 is 12.1. The van der Waals surface area contributed by atoms with Crippen LogP contribution in [0.25, 0.3) is 0 Å². The van der Waals surface area contributed by atoms with E-state index in [1.165, 1.54) is 19.3 Å². The van der Waals surface area contributed by atoms with E-state index >= 15 is 0 Å². The quantitative estimate of drug-likeness (QED) is 0.357. The van der Waals surface area contributed by atoms with Crippen LogP contribution in [0.1, 0.15) is 60.3 Å². The van der Waals surface area contributed by atoms with Gasteiger partial charge in [-0.2, -0.15) is 0 Å². The van der Waals surface area contributed by atoms with Crippen molar-refractivity contribution in [1.82, 2.24) is 5.32 Å². The second-order valence-corrected chi connectivity index (χ2v) is 7.08. The first kappa shape index (κ1) is 20.0. The van der Waals surface area contributed by atoms with Gasteiger partial charge in [0, 0.05) is 11.0 Å². The van der Waals surface area contributed by atoms with E-state index in [4.69, 9.17) is 9.47 Å². The van der Waals surface area contributed by atoms with Crippen LogP contribution < -0.4 is 5.32 Å². The summed E-state index contributed by atoms with van der Waals surface area (Å²) in [6.45, 7) is 10.9. The van der Waals surface area contributed by atoms with Crippen molar-refractivity contribution in [2.75, 3.05) is 17.6 Å². The average Bonchev–Trinajstić information content (AvgIpc) is 2.33. The number of hydrogen-bond acceptors (Lipinski definition) is 3. The van der Waals surface area contributed by atoms with Gasteiger partial charge in [-0.05, 0) is 34.1 Å². The Morgan fingerprint density at radius 1 is 1.20 bits per heavy atom. The zero-order chi connectivity index (χ0) is 15.6. The Labute approximate surface area is 137 Å². The van der Waals surface area contributed by atoms with Crippen LogP contribution in [-0.2, 0) is 9.47 Å². The fourth-order valence-electron chi connectivity index (χ4n) is 1.69. The van der Waals surface area contributed by atoms with Crippen LogP contribution in [0.5, 0.6) is 0 Å². The van der Waals surface area contributed by atoms with Crippen LogP contribution in [0.15, 0.2) is 0 Å². The standard InChI is InChI=1S/C15H30INO3/c1-6-7-8-9-15(5,12-16)19-11-10-17-13(18)20-14(2,3)4/h6-12H2,1-5H3,(H,17,18). The van der Waals surface area contributed by atoms with Gasteiger partial charge >= 0.3 is 6.09 Å². The fraction of sp³-hybridized carbons (Fsp3) is 0.933. The molecule has 0 fully saturated rings. The highest BCUT2D eigenvalue weighted by atomic mass is 127. The first-order valence-corrected chi connectivity index (χ1v) is 8.92. The number of carbonyl (C=O) groups is 1. The van der Waals surface area contributed by atoms with E-state index in [0.29, 0.717) is 13.2 Å². The van der Waals surface area contributed by atoms with Crippen LogP contribution >= 0.6 is 22.6 Å². The van der Waals surface area contributed by atoms with Gasteiger partial charge in [0.2, 0.25) is 0 Å². The lowest BCUT2D eigenvalue weighted by molar-refractivity contribution is -0.0184. The summed E-state index contributed by atoms with van der Waals surface area (Å²) in [5, 5.41) is 2.71. The van der Waals surface area contributed by atoms with Gasteiger partial charge in [0.1, 0.15) is 5.60 Å². The van der Waals surface area contributed by atoms with E-state index in [9.17, 15) is 4.79 Å². The van der Waals surface area contributed by atoms with Crippen LogP contribution in [0.4, 0.5) is 4.79 Å². The molecule has 0 radical (unpaired) electrons. The Morgan fingerprint density at radius 3 is 2.35 bits per heavy atom. The molecule has 0 saturated heterocycles. The average molecular weight is 399 g/mol. The number of rotatable bonds is 9. The predicted octanol–water partition coefficient (Wildman–Crippen LogP) is 4.30. The van der Waals surface area contributed by atoms with Crippen molar-refractivity contribution in [2.24, 2.45) is 0 Å². The molecule has 5 heteroatoms. The first-order chi connectivity index (χ1) is 9.22. The number of nitrogens with one attached hydrogen (secondary N) is 1. The Balaban J connectivity index is 3.87. The van der Waals surface area contributed by atoms with E-state index in [2.05, 4.69) is 41.8 Å². The third kappa shape index (κ3) is 10.7. The smallest absolute Gasteiger partial charge is 0.407 e. The van der Waals surface area contributed by atoms with Crippen LogP contribution in [0, 0.1) is 0 Å². The minimum Gasteiger partial charge on any atom is -0.444 e. The van der Waals surface area contributed by atoms with E-state index in [1.54, 1.807) is 0 Å². The van der Waals surface area contributed by atoms with Crippen molar-refractivity contribution < 1.29 is 14.3 Å². The molecule has 0 saturated carbocycles. The molecule has 1 atom stereocenters. The summed E-state index contributed by atoms with van der Waals surface area (Å²) >= 11 is 2.36. The van der Waals surface area contributed by atoms with Gasteiger partial charge in [-0.3, -0.25) is 0 Å². The highest BCUT2D eigenvalue weighted by molar-refractivity contribution is 14.1. The molecule has 0 aliphatic heterocycles. The molecule has 120 valence electrons. The Bertz CT molecular complexity index is 279. The lowest BCUT2D eigenvalue weighted by atomic mass is 10.0. The largest absolute Gasteiger partial charge is 0.444 e. The minimum absolute atomic E-state index is 0.0919. The number of hydrogen-bond donors (Lipinski definition) is 1. The fourth-order valence-corrected chi connectivity index (χ4v) is 2.29. The molecule has 0 rings (SSSR count). The van der Waals surface area contributed by atoms with E-state index in [0.717, 1.165) is 10.8 Å². The molecule has 20 heavy (non-hydrogen) atoms. The Morgan fingerprint density at radius 2 is 1.85 bits per heavy atom. The maximum atomic E-state index is 11.5. The van der Waals surface area contributed by atoms with Crippen LogP contribution in [0.2, 0.25) is 0 Å². The van der Waals surface area contributed by atoms with Gasteiger partial charge in [-0.1, -0.05) is 48.8 Å². The van der Waals surface area contributed by atoms with Crippen molar-refractivity contribution in [3.05, 3.63) is 0 Å². The highest BCUT2D eigenvalue weighted by Gasteiger charge is 2.23. The second kappa shape index (κ2) is 9.82. The van der Waals surface area contributed by atoms with Gasteiger partial charge < -0.3 is 14.8 Å². The van der Waals surface area contributed by atoms with Gasteiger partial charge in [0.15, 0.2) is 0 Å².